The number of nitrogen functional groups attached to an aromatic ring is 1. The first-order valence-electron chi connectivity index (χ1n) is 9.63. The fourth-order valence-electron chi connectivity index (χ4n) is 3.57. The number of nitrogens with zero attached hydrogens (tertiary/aromatic N) is 3. The Balaban J connectivity index is 1.65. The third kappa shape index (κ3) is 4.25. The van der Waals surface area contributed by atoms with Gasteiger partial charge in [0.2, 0.25) is 0 Å². The second-order valence-electron chi connectivity index (χ2n) is 7.32. The second kappa shape index (κ2) is 7.98. The Kier molecular flexibility index (Phi) is 5.38. The number of nitrogens with two attached hydrogens (primary N) is 1. The van der Waals surface area contributed by atoms with Crippen molar-refractivity contribution in [2.75, 3.05) is 42.3 Å². The van der Waals surface area contributed by atoms with Crippen molar-refractivity contribution in [3.8, 4) is 0 Å². The summed E-state index contributed by atoms with van der Waals surface area (Å²) in [5.74, 6) is 0.506. The van der Waals surface area contributed by atoms with Crippen molar-refractivity contribution in [1.29, 1.82) is 0 Å². The van der Waals surface area contributed by atoms with E-state index in [2.05, 4.69) is 20.4 Å². The molecule has 0 amide bonds. The van der Waals surface area contributed by atoms with E-state index in [1.165, 1.54) is 6.07 Å². The van der Waals surface area contributed by atoms with E-state index >= 15 is 0 Å². The van der Waals surface area contributed by atoms with Crippen molar-refractivity contribution in [2.45, 2.75) is 19.1 Å². The molecule has 1 fully saturated rings. The Morgan fingerprint density at radius 2 is 1.90 bits per heavy atom. The SMILES string of the molecule is CC(Nc1nncc2ccc(N3CCOCC3)cc12)c1cc(N)cc(C(F)(F)F)c1. The third-order valence-electron chi connectivity index (χ3n) is 5.18. The first-order chi connectivity index (χ1) is 14.3. The van der Waals surface area contributed by atoms with Crippen molar-refractivity contribution in [3.05, 3.63) is 53.7 Å². The molecule has 4 rings (SSSR count). The van der Waals surface area contributed by atoms with Crippen LogP contribution in [0.2, 0.25) is 0 Å². The Bertz CT molecular complexity index is 1050. The van der Waals surface area contributed by atoms with E-state index in [0.717, 1.165) is 41.7 Å². The molecule has 1 atom stereocenters. The van der Waals surface area contributed by atoms with E-state index in [1.54, 1.807) is 13.1 Å². The number of ether oxygens (including phenoxy) is 1. The third-order valence-corrected chi connectivity index (χ3v) is 5.18. The van der Waals surface area contributed by atoms with Crippen LogP contribution in [0.25, 0.3) is 10.8 Å². The number of benzene rings is 2. The van der Waals surface area contributed by atoms with Crippen LogP contribution in [0.4, 0.5) is 30.4 Å². The van der Waals surface area contributed by atoms with Gasteiger partial charge in [-0.1, -0.05) is 6.07 Å². The molecule has 2 aromatic carbocycles. The monoisotopic (exact) mass is 417 g/mol. The highest BCUT2D eigenvalue weighted by molar-refractivity contribution is 5.93. The minimum atomic E-state index is -4.46. The first-order valence-corrected chi connectivity index (χ1v) is 9.63. The predicted octanol–water partition coefficient (Wildman–Crippen LogP) is 4.24. The minimum absolute atomic E-state index is 0.0621. The fourth-order valence-corrected chi connectivity index (χ4v) is 3.57. The van der Waals surface area contributed by atoms with Crippen molar-refractivity contribution in [1.82, 2.24) is 10.2 Å². The summed E-state index contributed by atoms with van der Waals surface area (Å²) in [6, 6.07) is 9.12. The maximum absolute atomic E-state index is 13.2. The molecule has 1 saturated heterocycles. The predicted molar refractivity (Wildman–Crippen MR) is 110 cm³/mol. The van der Waals surface area contributed by atoms with Crippen molar-refractivity contribution >= 4 is 28.0 Å². The number of alkyl halides is 3. The van der Waals surface area contributed by atoms with E-state index in [9.17, 15) is 13.2 Å². The standard InChI is InChI=1S/C21H22F3N5O/c1-13(15-8-16(21(22,23)24)10-17(25)9-15)27-20-19-11-18(29-4-6-30-7-5-29)3-2-14(19)12-26-28-20/h2-3,8-13H,4-7,25H2,1H3,(H,27,28). The average Bonchev–Trinajstić information content (AvgIpc) is 2.73. The summed E-state index contributed by atoms with van der Waals surface area (Å²) in [7, 11) is 0. The van der Waals surface area contributed by atoms with E-state index in [4.69, 9.17) is 10.5 Å². The van der Waals surface area contributed by atoms with E-state index in [0.29, 0.717) is 24.6 Å². The van der Waals surface area contributed by atoms with Crippen LogP contribution in [-0.4, -0.2) is 36.5 Å². The molecule has 9 heteroatoms. The van der Waals surface area contributed by atoms with Gasteiger partial charge in [0.25, 0.3) is 0 Å². The number of fused-ring (bicyclic) bond motifs is 1. The highest BCUT2D eigenvalue weighted by Gasteiger charge is 2.31. The summed E-state index contributed by atoms with van der Waals surface area (Å²) in [6.07, 6.45) is -2.80. The summed E-state index contributed by atoms with van der Waals surface area (Å²) < 4.78 is 44.9. The minimum Gasteiger partial charge on any atom is -0.399 e. The molecule has 6 nitrogen and oxygen atoms in total. The van der Waals surface area contributed by atoms with Crippen molar-refractivity contribution < 1.29 is 17.9 Å². The molecule has 1 aliphatic heterocycles. The van der Waals surface area contributed by atoms with E-state index < -0.39 is 17.8 Å². The highest BCUT2D eigenvalue weighted by atomic mass is 19.4. The average molecular weight is 417 g/mol. The molecule has 0 bridgehead atoms. The van der Waals surface area contributed by atoms with Crippen LogP contribution in [0, 0.1) is 0 Å². The Morgan fingerprint density at radius 1 is 1.13 bits per heavy atom. The van der Waals surface area contributed by atoms with Crippen LogP contribution in [0.3, 0.4) is 0 Å². The van der Waals surface area contributed by atoms with Crippen LogP contribution in [0.5, 0.6) is 0 Å². The van der Waals surface area contributed by atoms with Crippen molar-refractivity contribution in [2.24, 2.45) is 0 Å². The summed E-state index contributed by atoms with van der Waals surface area (Å²) in [5.41, 5.74) is 6.46. The summed E-state index contributed by atoms with van der Waals surface area (Å²) >= 11 is 0. The zero-order valence-electron chi connectivity index (χ0n) is 16.4. The zero-order valence-corrected chi connectivity index (χ0v) is 16.4. The number of hydrogen-bond acceptors (Lipinski definition) is 6. The molecule has 0 aliphatic carbocycles. The first kappa shape index (κ1) is 20.2. The van der Waals surface area contributed by atoms with Gasteiger partial charge in [-0.15, -0.1) is 5.10 Å². The van der Waals surface area contributed by atoms with Crippen LogP contribution in [0.1, 0.15) is 24.1 Å². The molecule has 158 valence electrons. The summed E-state index contributed by atoms with van der Waals surface area (Å²) in [5, 5.41) is 13.2. The van der Waals surface area contributed by atoms with Gasteiger partial charge in [0.15, 0.2) is 5.82 Å². The molecule has 2 heterocycles. The lowest BCUT2D eigenvalue weighted by molar-refractivity contribution is -0.137. The van der Waals surface area contributed by atoms with Gasteiger partial charge in [-0.25, -0.2) is 0 Å². The molecule has 30 heavy (non-hydrogen) atoms. The maximum atomic E-state index is 13.2. The second-order valence-corrected chi connectivity index (χ2v) is 7.32. The van der Waals surface area contributed by atoms with Crippen molar-refractivity contribution in [3.63, 3.8) is 0 Å². The molecule has 1 unspecified atom stereocenters. The molecule has 1 aliphatic rings. The Morgan fingerprint density at radius 3 is 2.63 bits per heavy atom. The quantitative estimate of drug-likeness (QED) is 0.619. The van der Waals surface area contributed by atoms with Gasteiger partial charge >= 0.3 is 6.18 Å². The van der Waals surface area contributed by atoms with E-state index in [1.807, 2.05) is 18.2 Å². The number of nitrogens with one attached hydrogen (secondary N) is 1. The molecular weight excluding hydrogens is 395 g/mol. The van der Waals surface area contributed by atoms with Crippen LogP contribution in [-0.2, 0) is 10.9 Å². The summed E-state index contributed by atoms with van der Waals surface area (Å²) in [4.78, 5) is 2.23. The molecule has 1 aromatic heterocycles. The van der Waals surface area contributed by atoms with Gasteiger partial charge < -0.3 is 20.7 Å². The number of morpholine rings is 1. The topological polar surface area (TPSA) is 76.3 Å². The lowest BCUT2D eigenvalue weighted by atomic mass is 10.0. The molecule has 0 spiro atoms. The fraction of sp³-hybridized carbons (Fsp3) is 0.333. The maximum Gasteiger partial charge on any atom is 0.416 e. The van der Waals surface area contributed by atoms with Gasteiger partial charge in [-0.2, -0.15) is 18.3 Å². The van der Waals surface area contributed by atoms with Gasteiger partial charge in [0.05, 0.1) is 31.0 Å². The van der Waals surface area contributed by atoms with Gasteiger partial charge in [0.1, 0.15) is 0 Å². The van der Waals surface area contributed by atoms with Gasteiger partial charge in [0, 0.05) is 35.2 Å². The molecule has 3 aromatic rings. The highest BCUT2D eigenvalue weighted by Crippen LogP contribution is 2.34. The number of halogens is 3. The molecular formula is C21H22F3N5O. The van der Waals surface area contributed by atoms with E-state index in [-0.39, 0.29) is 5.69 Å². The normalized spacial score (nSPS) is 15.9. The van der Waals surface area contributed by atoms with Crippen LogP contribution in [0.15, 0.2) is 42.6 Å². The van der Waals surface area contributed by atoms with Crippen LogP contribution < -0.4 is 16.0 Å². The van der Waals surface area contributed by atoms with Crippen LogP contribution >= 0.6 is 0 Å². The number of rotatable bonds is 4. The largest absolute Gasteiger partial charge is 0.416 e. The number of anilines is 3. The Hall–Kier alpha value is -3.07. The zero-order chi connectivity index (χ0) is 21.3. The molecule has 0 radical (unpaired) electrons. The Labute approximate surface area is 171 Å². The van der Waals surface area contributed by atoms with Gasteiger partial charge in [-0.3, -0.25) is 0 Å². The smallest absolute Gasteiger partial charge is 0.399 e. The lowest BCUT2D eigenvalue weighted by Crippen LogP contribution is -2.36. The molecule has 3 N–H and O–H groups in total. The van der Waals surface area contributed by atoms with Gasteiger partial charge in [-0.05, 0) is 42.8 Å². The number of hydrogen-bond donors (Lipinski definition) is 2. The lowest BCUT2D eigenvalue weighted by Gasteiger charge is -2.29. The summed E-state index contributed by atoms with van der Waals surface area (Å²) in [6.45, 7) is 4.71. The molecule has 0 saturated carbocycles. The number of aromatic nitrogens is 2.